The fourth-order valence-corrected chi connectivity index (χ4v) is 4.38. The van der Waals surface area contributed by atoms with Gasteiger partial charge in [0.25, 0.3) is 11.5 Å². The molecule has 1 fully saturated rings. The van der Waals surface area contributed by atoms with Crippen LogP contribution in [0.5, 0.6) is 0 Å². The summed E-state index contributed by atoms with van der Waals surface area (Å²) in [5.74, 6) is -0.198. The van der Waals surface area contributed by atoms with Gasteiger partial charge in [-0.15, -0.1) is 0 Å². The van der Waals surface area contributed by atoms with Crippen molar-refractivity contribution in [1.82, 2.24) is 28.9 Å². The van der Waals surface area contributed by atoms with Gasteiger partial charge in [0.15, 0.2) is 0 Å². The lowest BCUT2D eigenvalue weighted by molar-refractivity contribution is 0.0623. The number of pyridine rings is 2. The van der Waals surface area contributed by atoms with Crippen molar-refractivity contribution in [1.29, 1.82) is 0 Å². The first-order valence-electron chi connectivity index (χ1n) is 10.8. The lowest BCUT2D eigenvalue weighted by atomic mass is 10.1. The molecule has 0 aliphatic carbocycles. The zero-order valence-corrected chi connectivity index (χ0v) is 18.6. The van der Waals surface area contributed by atoms with Crippen LogP contribution in [-0.2, 0) is 20.6 Å². The second-order valence-electron chi connectivity index (χ2n) is 8.33. The van der Waals surface area contributed by atoms with Gasteiger partial charge in [0, 0.05) is 58.4 Å². The van der Waals surface area contributed by atoms with Crippen molar-refractivity contribution in [2.24, 2.45) is 14.1 Å². The number of hydrogen-bond acceptors (Lipinski definition) is 6. The summed E-state index contributed by atoms with van der Waals surface area (Å²) in [5, 5.41) is 1.43. The molecule has 4 aromatic rings. The van der Waals surface area contributed by atoms with Gasteiger partial charge >= 0.3 is 5.69 Å². The minimum atomic E-state index is -0.471. The molecule has 1 aliphatic heterocycles. The number of piperazine rings is 1. The predicted molar refractivity (Wildman–Crippen MR) is 125 cm³/mol. The van der Waals surface area contributed by atoms with Crippen molar-refractivity contribution in [2.45, 2.75) is 6.54 Å². The van der Waals surface area contributed by atoms with Crippen molar-refractivity contribution < 1.29 is 4.79 Å². The van der Waals surface area contributed by atoms with E-state index in [9.17, 15) is 14.4 Å². The minimum absolute atomic E-state index is 0.198. The Hall–Kier alpha value is -3.85. The Bertz CT molecular complexity index is 1490. The number of carbonyl (C=O) groups excluding carboxylic acids is 1. The molecule has 0 atom stereocenters. The van der Waals surface area contributed by atoms with Gasteiger partial charge in [-0.2, -0.15) is 0 Å². The van der Waals surface area contributed by atoms with Crippen LogP contribution in [0, 0.1) is 0 Å². The van der Waals surface area contributed by atoms with Crippen LogP contribution < -0.4 is 11.2 Å². The molecule has 0 spiro atoms. The second kappa shape index (κ2) is 8.25. The van der Waals surface area contributed by atoms with Crippen LogP contribution in [0.15, 0.2) is 58.3 Å². The monoisotopic (exact) mass is 444 g/mol. The number of nitrogens with zero attached hydrogens (tertiary/aromatic N) is 6. The maximum absolute atomic E-state index is 13.1. The molecule has 4 heterocycles. The number of carbonyl (C=O) groups is 1. The van der Waals surface area contributed by atoms with Gasteiger partial charge in [-0.3, -0.25) is 28.6 Å². The molecular weight excluding hydrogens is 420 g/mol. The summed E-state index contributed by atoms with van der Waals surface area (Å²) in [7, 11) is 2.98. The van der Waals surface area contributed by atoms with E-state index in [1.807, 2.05) is 18.3 Å². The van der Waals surface area contributed by atoms with Gasteiger partial charge in [0.05, 0.1) is 10.9 Å². The highest BCUT2D eigenvalue weighted by molar-refractivity contribution is 5.94. The van der Waals surface area contributed by atoms with Crippen molar-refractivity contribution >= 4 is 27.8 Å². The topological polar surface area (TPSA) is 93.3 Å². The van der Waals surface area contributed by atoms with Gasteiger partial charge in [0.1, 0.15) is 11.3 Å². The van der Waals surface area contributed by atoms with Gasteiger partial charge < -0.3 is 4.90 Å². The summed E-state index contributed by atoms with van der Waals surface area (Å²) in [6.07, 6.45) is 1.81. The van der Waals surface area contributed by atoms with E-state index < -0.39 is 11.2 Å². The molecular formula is C24H24N6O3. The van der Waals surface area contributed by atoms with Crippen LogP contribution in [0.3, 0.4) is 0 Å². The normalized spacial score (nSPS) is 14.8. The molecule has 0 unspecified atom stereocenters. The molecule has 0 bridgehead atoms. The number of rotatable bonds is 3. The maximum atomic E-state index is 13.1. The summed E-state index contributed by atoms with van der Waals surface area (Å²) < 4.78 is 2.33. The first-order valence-corrected chi connectivity index (χ1v) is 10.8. The van der Waals surface area contributed by atoms with Gasteiger partial charge in [-0.25, -0.2) is 9.78 Å². The highest BCUT2D eigenvalue weighted by Crippen LogP contribution is 2.19. The van der Waals surface area contributed by atoms with Crippen LogP contribution in [0.4, 0.5) is 0 Å². The van der Waals surface area contributed by atoms with Crippen LogP contribution in [-0.4, -0.2) is 61.0 Å². The molecule has 5 rings (SSSR count). The number of hydrogen-bond donors (Lipinski definition) is 0. The van der Waals surface area contributed by atoms with E-state index in [0.29, 0.717) is 18.5 Å². The quantitative estimate of drug-likeness (QED) is 0.471. The molecule has 1 amide bonds. The maximum Gasteiger partial charge on any atom is 0.332 e. The molecule has 0 N–H and O–H groups in total. The van der Waals surface area contributed by atoms with E-state index in [0.717, 1.165) is 35.1 Å². The van der Waals surface area contributed by atoms with Crippen molar-refractivity contribution in [3.63, 3.8) is 0 Å². The van der Waals surface area contributed by atoms with Gasteiger partial charge in [0.2, 0.25) is 0 Å². The molecule has 1 aromatic carbocycles. The average molecular weight is 444 g/mol. The molecule has 0 radical (unpaired) electrons. The highest BCUT2D eigenvalue weighted by Gasteiger charge is 2.24. The summed E-state index contributed by atoms with van der Waals surface area (Å²) >= 11 is 0. The number of para-hydroxylation sites is 1. The van der Waals surface area contributed by atoms with E-state index in [1.165, 1.54) is 17.2 Å². The SMILES string of the molecule is Cn1c(=O)c2ccc(C(=O)N3CCN(Cc4cccc5cccnc45)CC3)nc2n(C)c1=O. The smallest absolute Gasteiger partial charge is 0.332 e. The summed E-state index contributed by atoms with van der Waals surface area (Å²) in [5.41, 5.74) is 1.74. The fourth-order valence-electron chi connectivity index (χ4n) is 4.38. The van der Waals surface area contributed by atoms with Gasteiger partial charge in [-0.1, -0.05) is 24.3 Å². The molecule has 1 saturated heterocycles. The summed E-state index contributed by atoms with van der Waals surface area (Å²) in [6.45, 7) is 3.40. The highest BCUT2D eigenvalue weighted by atomic mass is 16.2. The lowest BCUT2D eigenvalue weighted by Crippen LogP contribution is -2.48. The van der Waals surface area contributed by atoms with Crippen molar-refractivity contribution in [2.75, 3.05) is 26.2 Å². The number of aryl methyl sites for hydroxylation is 1. The van der Waals surface area contributed by atoms with Crippen LogP contribution >= 0.6 is 0 Å². The number of aromatic nitrogens is 4. The Morgan fingerprint density at radius 3 is 2.48 bits per heavy atom. The van der Waals surface area contributed by atoms with Gasteiger partial charge in [-0.05, 0) is 23.8 Å². The second-order valence-corrected chi connectivity index (χ2v) is 8.33. The first kappa shape index (κ1) is 21.0. The fraction of sp³-hybridized carbons (Fsp3) is 0.292. The Kier molecular flexibility index (Phi) is 5.26. The van der Waals surface area contributed by atoms with Crippen molar-refractivity contribution in [3.05, 3.63) is 80.8 Å². The van der Waals surface area contributed by atoms with Crippen LogP contribution in [0.1, 0.15) is 16.1 Å². The summed E-state index contributed by atoms with van der Waals surface area (Å²) in [4.78, 5) is 50.7. The average Bonchev–Trinajstić information content (AvgIpc) is 2.86. The zero-order valence-electron chi connectivity index (χ0n) is 18.6. The molecule has 168 valence electrons. The predicted octanol–water partition coefficient (Wildman–Crippen LogP) is 1.14. The third kappa shape index (κ3) is 3.70. The molecule has 3 aromatic heterocycles. The van der Waals surface area contributed by atoms with E-state index in [-0.39, 0.29) is 17.2 Å². The third-order valence-electron chi connectivity index (χ3n) is 6.29. The largest absolute Gasteiger partial charge is 0.335 e. The van der Waals surface area contributed by atoms with E-state index in [4.69, 9.17) is 0 Å². The Morgan fingerprint density at radius 1 is 0.939 bits per heavy atom. The molecule has 0 saturated carbocycles. The summed E-state index contributed by atoms with van der Waals surface area (Å²) in [6, 6.07) is 13.3. The number of benzene rings is 1. The molecule has 1 aliphatic rings. The van der Waals surface area contributed by atoms with Crippen LogP contribution in [0.25, 0.3) is 21.9 Å². The zero-order chi connectivity index (χ0) is 23.1. The van der Waals surface area contributed by atoms with Crippen LogP contribution in [0.2, 0.25) is 0 Å². The molecule has 33 heavy (non-hydrogen) atoms. The van der Waals surface area contributed by atoms with E-state index in [1.54, 1.807) is 24.1 Å². The standard InChI is InChI=1S/C24H24N6O3/c1-27-21-18(22(31)28(2)24(27)33)8-9-19(26-21)23(32)30-13-11-29(12-14-30)15-17-6-3-5-16-7-4-10-25-20(16)17/h3-10H,11-15H2,1-2H3. The number of amides is 1. The van der Waals surface area contributed by atoms with E-state index >= 15 is 0 Å². The minimum Gasteiger partial charge on any atom is -0.335 e. The third-order valence-corrected chi connectivity index (χ3v) is 6.29. The molecule has 9 nitrogen and oxygen atoms in total. The van der Waals surface area contributed by atoms with E-state index in [2.05, 4.69) is 33.1 Å². The number of fused-ring (bicyclic) bond motifs is 2. The Morgan fingerprint density at radius 2 is 1.70 bits per heavy atom. The Balaban J connectivity index is 1.32. The molecule has 9 heteroatoms. The van der Waals surface area contributed by atoms with Crippen molar-refractivity contribution in [3.8, 4) is 0 Å². The lowest BCUT2D eigenvalue weighted by Gasteiger charge is -2.34. The first-order chi connectivity index (χ1) is 15.9. The Labute approximate surface area is 189 Å².